The van der Waals surface area contributed by atoms with Gasteiger partial charge in [-0.1, -0.05) is 38.5 Å². The molecular formula is C18H33O9P. The Bertz CT molecular complexity index is 497. The summed E-state index contributed by atoms with van der Waals surface area (Å²) in [7, 11) is -4.07. The zero-order chi connectivity index (χ0) is 20.1. The fraction of sp³-hybridized carbons (Fsp3) is 1.00. The van der Waals surface area contributed by atoms with Crippen molar-refractivity contribution in [3.05, 3.63) is 0 Å². The normalized spacial score (nSPS) is 34.6. The Morgan fingerprint density at radius 3 is 1.82 bits per heavy atom. The average molecular weight is 424 g/mol. The molecule has 2 aliphatic carbocycles. The number of aliphatic hydroxyl groups is 4. The van der Waals surface area contributed by atoms with Crippen LogP contribution in [0.1, 0.15) is 64.2 Å². The molecule has 0 radical (unpaired) electrons. The third-order valence-corrected chi connectivity index (χ3v) is 7.30. The first-order valence-corrected chi connectivity index (χ1v) is 11.8. The minimum Gasteiger partial charge on any atom is -0.394 e. The summed E-state index contributed by atoms with van der Waals surface area (Å²) in [6, 6.07) is 0. The summed E-state index contributed by atoms with van der Waals surface area (Å²) in [6.07, 6.45) is 1.39. The van der Waals surface area contributed by atoms with Crippen LogP contribution in [0.2, 0.25) is 0 Å². The smallest absolute Gasteiger partial charge is 0.394 e. The van der Waals surface area contributed by atoms with Crippen molar-refractivity contribution in [3.63, 3.8) is 0 Å². The van der Waals surface area contributed by atoms with Gasteiger partial charge in [0.05, 0.1) is 18.8 Å². The van der Waals surface area contributed by atoms with Crippen LogP contribution >= 0.6 is 7.82 Å². The predicted molar refractivity (Wildman–Crippen MR) is 98.4 cm³/mol. The lowest BCUT2D eigenvalue weighted by Gasteiger charge is -2.31. The molecule has 1 saturated heterocycles. The third-order valence-electron chi connectivity index (χ3n) is 5.72. The lowest BCUT2D eigenvalue weighted by molar-refractivity contribution is -0.151. The van der Waals surface area contributed by atoms with Crippen molar-refractivity contribution in [2.24, 2.45) is 0 Å². The van der Waals surface area contributed by atoms with E-state index >= 15 is 0 Å². The molecule has 3 fully saturated rings. The lowest BCUT2D eigenvalue weighted by Crippen LogP contribution is -2.40. The summed E-state index contributed by atoms with van der Waals surface area (Å²) in [5.74, 6) is 0. The molecule has 28 heavy (non-hydrogen) atoms. The van der Waals surface area contributed by atoms with Crippen LogP contribution in [-0.2, 0) is 22.9 Å². The van der Waals surface area contributed by atoms with Gasteiger partial charge in [0.25, 0.3) is 0 Å². The van der Waals surface area contributed by atoms with Crippen molar-refractivity contribution in [2.75, 3.05) is 6.61 Å². The van der Waals surface area contributed by atoms with Crippen molar-refractivity contribution in [1.82, 2.24) is 0 Å². The molecule has 10 heteroatoms. The summed E-state index contributed by atoms with van der Waals surface area (Å²) in [5.41, 5.74) is 0. The van der Waals surface area contributed by atoms with Crippen molar-refractivity contribution in [3.8, 4) is 0 Å². The fourth-order valence-electron chi connectivity index (χ4n) is 4.09. The molecule has 9 nitrogen and oxygen atoms in total. The molecule has 2 saturated carbocycles. The Morgan fingerprint density at radius 1 is 0.857 bits per heavy atom. The van der Waals surface area contributed by atoms with E-state index in [2.05, 4.69) is 0 Å². The van der Waals surface area contributed by atoms with Crippen LogP contribution in [0.15, 0.2) is 0 Å². The molecular weight excluding hydrogens is 391 g/mol. The van der Waals surface area contributed by atoms with Crippen molar-refractivity contribution < 1.29 is 43.3 Å². The summed E-state index contributed by atoms with van der Waals surface area (Å²) < 4.78 is 35.9. The van der Waals surface area contributed by atoms with E-state index in [1.54, 1.807) is 0 Å². The Kier molecular flexibility index (Phi) is 8.30. The maximum Gasteiger partial charge on any atom is 0.477 e. The Hall–Kier alpha value is -0.0900. The van der Waals surface area contributed by atoms with Crippen LogP contribution < -0.4 is 0 Å². The van der Waals surface area contributed by atoms with E-state index in [0.717, 1.165) is 64.2 Å². The standard InChI is InChI=1S/C18H33O9P/c19-11-14(20)17-15(21)16(22)18(24-17)27-28(23,25-12-7-3-1-4-8-12)26-13-9-5-2-6-10-13/h12-22H,1-11H2/t14-,15-,16-,17+,18?/m1/s1. The van der Waals surface area contributed by atoms with Crippen molar-refractivity contribution >= 4 is 7.82 Å². The molecule has 4 N–H and O–H groups in total. The molecule has 0 amide bonds. The molecule has 1 unspecified atom stereocenters. The first-order chi connectivity index (χ1) is 13.4. The Labute approximate surface area is 165 Å². The number of hydrogen-bond acceptors (Lipinski definition) is 9. The van der Waals surface area contributed by atoms with Gasteiger partial charge in [0.15, 0.2) is 6.29 Å². The molecule has 0 spiro atoms. The Morgan fingerprint density at radius 2 is 1.36 bits per heavy atom. The number of hydrogen-bond donors (Lipinski definition) is 4. The van der Waals surface area contributed by atoms with Gasteiger partial charge in [0.2, 0.25) is 0 Å². The topological polar surface area (TPSA) is 135 Å². The molecule has 0 aromatic heterocycles. The van der Waals surface area contributed by atoms with Gasteiger partial charge in [-0.2, -0.15) is 0 Å². The van der Waals surface area contributed by atoms with Crippen LogP contribution in [0.5, 0.6) is 0 Å². The van der Waals surface area contributed by atoms with Crippen molar-refractivity contribution in [1.29, 1.82) is 0 Å². The molecule has 1 aliphatic heterocycles. The van der Waals surface area contributed by atoms with E-state index in [9.17, 15) is 19.9 Å². The zero-order valence-corrected chi connectivity index (χ0v) is 17.0. The summed E-state index contributed by atoms with van der Waals surface area (Å²) >= 11 is 0. The summed E-state index contributed by atoms with van der Waals surface area (Å²) in [6.45, 7) is -0.657. The molecule has 1 heterocycles. The van der Waals surface area contributed by atoms with Gasteiger partial charge in [0, 0.05) is 0 Å². The molecule has 0 bridgehead atoms. The van der Waals surface area contributed by atoms with Crippen LogP contribution in [0.25, 0.3) is 0 Å². The largest absolute Gasteiger partial charge is 0.477 e. The molecule has 0 aromatic rings. The molecule has 3 rings (SSSR count). The zero-order valence-electron chi connectivity index (χ0n) is 16.1. The van der Waals surface area contributed by atoms with Gasteiger partial charge >= 0.3 is 7.82 Å². The molecule has 3 aliphatic rings. The van der Waals surface area contributed by atoms with E-state index in [1.807, 2.05) is 0 Å². The minimum absolute atomic E-state index is 0.259. The third kappa shape index (κ3) is 5.74. The number of ether oxygens (including phenoxy) is 1. The van der Waals surface area contributed by atoms with E-state index in [1.165, 1.54) is 0 Å². The number of aliphatic hydroxyl groups excluding tert-OH is 4. The highest BCUT2D eigenvalue weighted by atomic mass is 31.2. The van der Waals surface area contributed by atoms with Gasteiger partial charge in [-0.15, -0.1) is 0 Å². The van der Waals surface area contributed by atoms with E-state index in [-0.39, 0.29) is 12.2 Å². The number of phosphoric ester groups is 1. The van der Waals surface area contributed by atoms with E-state index < -0.39 is 45.1 Å². The van der Waals surface area contributed by atoms with Crippen LogP contribution in [-0.4, -0.2) is 69.9 Å². The van der Waals surface area contributed by atoms with Gasteiger partial charge < -0.3 is 25.2 Å². The maximum atomic E-state index is 13.5. The quantitative estimate of drug-likeness (QED) is 0.429. The van der Waals surface area contributed by atoms with Gasteiger partial charge in [-0.3, -0.25) is 13.6 Å². The molecule has 5 atom stereocenters. The highest BCUT2D eigenvalue weighted by Gasteiger charge is 2.50. The van der Waals surface area contributed by atoms with Crippen LogP contribution in [0, 0.1) is 0 Å². The predicted octanol–water partition coefficient (Wildman–Crippen LogP) is 1.61. The lowest BCUT2D eigenvalue weighted by atomic mass is 9.98. The van der Waals surface area contributed by atoms with Crippen molar-refractivity contribution in [2.45, 2.75) is 107 Å². The fourth-order valence-corrected chi connectivity index (χ4v) is 5.82. The average Bonchev–Trinajstić information content (AvgIpc) is 2.97. The summed E-state index contributed by atoms with van der Waals surface area (Å²) in [5, 5.41) is 39.1. The van der Waals surface area contributed by atoms with E-state index in [0.29, 0.717) is 0 Å². The number of phosphoric acid groups is 1. The highest BCUT2D eigenvalue weighted by molar-refractivity contribution is 7.48. The van der Waals surface area contributed by atoms with Gasteiger partial charge in [-0.25, -0.2) is 4.57 Å². The Balaban J connectivity index is 1.69. The van der Waals surface area contributed by atoms with Gasteiger partial charge in [-0.05, 0) is 25.7 Å². The first kappa shape index (κ1) is 22.6. The number of rotatable bonds is 8. The SMILES string of the molecule is O=P(OC1CCCCC1)(OC1CCCCC1)OC1O[C@@H]([C@H](O)CO)[C@H](O)[C@H]1O. The van der Waals surface area contributed by atoms with Crippen LogP contribution in [0.3, 0.4) is 0 Å². The minimum atomic E-state index is -4.07. The first-order valence-electron chi connectivity index (χ1n) is 10.4. The second kappa shape index (κ2) is 10.3. The highest BCUT2D eigenvalue weighted by Crippen LogP contribution is 2.56. The summed E-state index contributed by atoms with van der Waals surface area (Å²) in [4.78, 5) is 0. The second-order valence-corrected chi connectivity index (χ2v) is 9.51. The maximum absolute atomic E-state index is 13.5. The van der Waals surface area contributed by atoms with E-state index in [4.69, 9.17) is 23.4 Å². The molecule has 0 aromatic carbocycles. The monoisotopic (exact) mass is 424 g/mol. The second-order valence-electron chi connectivity index (χ2n) is 7.98. The molecule has 164 valence electrons. The van der Waals surface area contributed by atoms with Gasteiger partial charge in [0.1, 0.15) is 24.4 Å². The van der Waals surface area contributed by atoms with Crippen LogP contribution in [0.4, 0.5) is 0 Å².